The molecule has 2 aromatic heterocycles. The lowest BCUT2D eigenvalue weighted by Crippen LogP contribution is -2.56. The van der Waals surface area contributed by atoms with Crippen molar-refractivity contribution < 1.29 is 19.2 Å². The Morgan fingerprint density at radius 3 is 2.54 bits per heavy atom. The van der Waals surface area contributed by atoms with Crippen molar-refractivity contribution in [3.8, 4) is 11.6 Å². The molecule has 3 rings (SSSR count). The van der Waals surface area contributed by atoms with Crippen molar-refractivity contribution in [1.29, 1.82) is 0 Å². The standard InChI is InChI=1S/C17H21N5O4/c1-22(17(16(24)25)8-3-2-4-9-17)13(23)7-6-12-20-15(21-26-12)14-18-10-5-11-19-14/h5,10-11H,2-4,6-9H2,1H3,(H,24,25). The van der Waals surface area contributed by atoms with E-state index in [1.807, 2.05) is 0 Å². The maximum Gasteiger partial charge on any atom is 0.329 e. The van der Waals surface area contributed by atoms with Crippen LogP contribution in [0, 0.1) is 0 Å². The van der Waals surface area contributed by atoms with E-state index in [2.05, 4.69) is 20.1 Å². The van der Waals surface area contributed by atoms with E-state index in [0.29, 0.717) is 24.6 Å². The highest BCUT2D eigenvalue weighted by molar-refractivity contribution is 5.87. The van der Waals surface area contributed by atoms with Crippen molar-refractivity contribution in [3.05, 3.63) is 24.4 Å². The van der Waals surface area contributed by atoms with Gasteiger partial charge in [0.1, 0.15) is 5.54 Å². The summed E-state index contributed by atoms with van der Waals surface area (Å²) >= 11 is 0. The molecule has 0 atom stereocenters. The van der Waals surface area contributed by atoms with Gasteiger partial charge in [-0.15, -0.1) is 0 Å². The Morgan fingerprint density at radius 1 is 1.19 bits per heavy atom. The molecule has 0 aliphatic heterocycles. The normalized spacial score (nSPS) is 16.2. The van der Waals surface area contributed by atoms with E-state index in [1.54, 1.807) is 25.5 Å². The van der Waals surface area contributed by atoms with Crippen LogP contribution >= 0.6 is 0 Å². The molecule has 2 heterocycles. The van der Waals surface area contributed by atoms with Gasteiger partial charge in [0.15, 0.2) is 0 Å². The first-order chi connectivity index (χ1) is 12.5. The summed E-state index contributed by atoms with van der Waals surface area (Å²) in [7, 11) is 1.57. The summed E-state index contributed by atoms with van der Waals surface area (Å²) < 4.78 is 5.14. The number of likely N-dealkylation sites (N-methyl/N-ethyl adjacent to an activating group) is 1. The van der Waals surface area contributed by atoms with Crippen molar-refractivity contribution in [2.75, 3.05) is 7.05 Å². The third-order valence-electron chi connectivity index (χ3n) is 4.88. The van der Waals surface area contributed by atoms with E-state index in [0.717, 1.165) is 19.3 Å². The van der Waals surface area contributed by atoms with Gasteiger partial charge >= 0.3 is 5.97 Å². The number of amides is 1. The summed E-state index contributed by atoms with van der Waals surface area (Å²) in [5, 5.41) is 13.5. The Labute approximate surface area is 150 Å². The number of aromatic nitrogens is 4. The molecule has 0 spiro atoms. The minimum absolute atomic E-state index is 0.100. The molecular formula is C17H21N5O4. The van der Waals surface area contributed by atoms with E-state index in [4.69, 9.17) is 4.52 Å². The number of rotatable bonds is 6. The Hall–Kier alpha value is -2.84. The van der Waals surface area contributed by atoms with Crippen molar-refractivity contribution in [2.24, 2.45) is 0 Å². The second-order valence-electron chi connectivity index (χ2n) is 6.43. The van der Waals surface area contributed by atoms with Gasteiger partial charge in [0.2, 0.25) is 23.4 Å². The number of aryl methyl sites for hydroxylation is 1. The predicted molar refractivity (Wildman–Crippen MR) is 89.9 cm³/mol. The molecule has 0 unspecified atom stereocenters. The van der Waals surface area contributed by atoms with Crippen molar-refractivity contribution in [2.45, 2.75) is 50.5 Å². The SMILES string of the molecule is CN(C(=O)CCc1nc(-c2ncccn2)no1)C1(C(=O)O)CCCCC1. The maximum atomic E-state index is 12.6. The Bertz CT molecular complexity index is 770. The minimum Gasteiger partial charge on any atom is -0.479 e. The quantitative estimate of drug-likeness (QED) is 0.827. The first-order valence-electron chi connectivity index (χ1n) is 8.63. The topological polar surface area (TPSA) is 122 Å². The van der Waals surface area contributed by atoms with Gasteiger partial charge in [0, 0.05) is 32.3 Å². The molecule has 1 aliphatic rings. The molecule has 138 valence electrons. The molecule has 0 radical (unpaired) electrons. The van der Waals surface area contributed by atoms with Crippen LogP contribution in [0.15, 0.2) is 23.0 Å². The molecule has 1 saturated carbocycles. The van der Waals surface area contributed by atoms with Gasteiger partial charge in [-0.2, -0.15) is 4.98 Å². The smallest absolute Gasteiger partial charge is 0.329 e. The molecule has 1 amide bonds. The molecule has 2 aromatic rings. The lowest BCUT2D eigenvalue weighted by Gasteiger charge is -2.41. The van der Waals surface area contributed by atoms with Crippen LogP contribution in [-0.2, 0) is 16.0 Å². The molecule has 0 saturated heterocycles. The number of carbonyl (C=O) groups is 2. The summed E-state index contributed by atoms with van der Waals surface area (Å²) in [4.78, 5) is 38.0. The highest BCUT2D eigenvalue weighted by Crippen LogP contribution is 2.33. The van der Waals surface area contributed by atoms with Crippen molar-refractivity contribution >= 4 is 11.9 Å². The van der Waals surface area contributed by atoms with Crippen LogP contribution in [0.1, 0.15) is 44.4 Å². The maximum absolute atomic E-state index is 12.6. The van der Waals surface area contributed by atoms with E-state index < -0.39 is 11.5 Å². The van der Waals surface area contributed by atoms with E-state index >= 15 is 0 Å². The van der Waals surface area contributed by atoms with Crippen LogP contribution in [0.5, 0.6) is 0 Å². The Kier molecular flexibility index (Phi) is 5.24. The minimum atomic E-state index is -1.10. The molecule has 26 heavy (non-hydrogen) atoms. The third-order valence-corrected chi connectivity index (χ3v) is 4.88. The number of hydrogen-bond acceptors (Lipinski definition) is 7. The first-order valence-corrected chi connectivity index (χ1v) is 8.63. The van der Waals surface area contributed by atoms with E-state index in [1.165, 1.54) is 4.90 Å². The summed E-state index contributed by atoms with van der Waals surface area (Å²) in [6, 6.07) is 1.68. The van der Waals surface area contributed by atoms with Gasteiger partial charge in [-0.3, -0.25) is 4.79 Å². The summed E-state index contributed by atoms with van der Waals surface area (Å²) in [5.41, 5.74) is -1.10. The molecule has 1 N–H and O–H groups in total. The molecule has 9 heteroatoms. The average Bonchev–Trinajstić information content (AvgIpc) is 3.15. The first kappa shape index (κ1) is 18.0. The zero-order chi connectivity index (χ0) is 18.6. The largest absolute Gasteiger partial charge is 0.479 e. The van der Waals surface area contributed by atoms with Gasteiger partial charge in [-0.05, 0) is 18.9 Å². The average molecular weight is 359 g/mol. The molecule has 0 aromatic carbocycles. The number of hydrogen-bond donors (Lipinski definition) is 1. The molecule has 9 nitrogen and oxygen atoms in total. The van der Waals surface area contributed by atoms with E-state index in [-0.39, 0.29) is 24.6 Å². The summed E-state index contributed by atoms with van der Waals surface area (Å²) in [6.07, 6.45) is 7.09. The highest BCUT2D eigenvalue weighted by Gasteiger charge is 2.45. The van der Waals surface area contributed by atoms with Crippen LogP contribution in [0.25, 0.3) is 11.6 Å². The second kappa shape index (κ2) is 7.59. The fourth-order valence-electron chi connectivity index (χ4n) is 3.31. The fraction of sp³-hybridized carbons (Fsp3) is 0.529. The van der Waals surface area contributed by atoms with Crippen LogP contribution < -0.4 is 0 Å². The zero-order valence-electron chi connectivity index (χ0n) is 14.6. The van der Waals surface area contributed by atoms with Gasteiger partial charge in [0.25, 0.3) is 0 Å². The van der Waals surface area contributed by atoms with Crippen molar-refractivity contribution in [1.82, 2.24) is 25.0 Å². The number of carboxylic acids is 1. The molecule has 0 bridgehead atoms. The number of carboxylic acid groups (broad SMARTS) is 1. The summed E-state index contributed by atoms with van der Waals surface area (Å²) in [6.45, 7) is 0. The van der Waals surface area contributed by atoms with Crippen LogP contribution in [0.2, 0.25) is 0 Å². The van der Waals surface area contributed by atoms with Crippen LogP contribution in [0.4, 0.5) is 0 Å². The van der Waals surface area contributed by atoms with Crippen LogP contribution in [-0.4, -0.2) is 54.6 Å². The highest BCUT2D eigenvalue weighted by atomic mass is 16.5. The predicted octanol–water partition coefficient (Wildman–Crippen LogP) is 1.71. The monoisotopic (exact) mass is 359 g/mol. The molecule has 1 fully saturated rings. The lowest BCUT2D eigenvalue weighted by molar-refractivity contribution is -0.160. The zero-order valence-corrected chi connectivity index (χ0v) is 14.6. The van der Waals surface area contributed by atoms with E-state index in [9.17, 15) is 14.7 Å². The van der Waals surface area contributed by atoms with Gasteiger partial charge in [-0.25, -0.2) is 14.8 Å². The lowest BCUT2D eigenvalue weighted by atomic mass is 9.80. The second-order valence-corrected chi connectivity index (χ2v) is 6.43. The third kappa shape index (κ3) is 3.56. The Balaban J connectivity index is 1.63. The van der Waals surface area contributed by atoms with Gasteiger partial charge < -0.3 is 14.5 Å². The molecular weight excluding hydrogens is 338 g/mol. The van der Waals surface area contributed by atoms with Crippen LogP contribution in [0.3, 0.4) is 0 Å². The fourth-order valence-corrected chi connectivity index (χ4v) is 3.31. The summed E-state index contributed by atoms with van der Waals surface area (Å²) in [5.74, 6) is -0.282. The number of carbonyl (C=O) groups excluding carboxylic acids is 1. The number of nitrogens with zero attached hydrogens (tertiary/aromatic N) is 5. The number of aliphatic carboxylic acids is 1. The van der Waals surface area contributed by atoms with Crippen molar-refractivity contribution in [3.63, 3.8) is 0 Å². The van der Waals surface area contributed by atoms with Gasteiger partial charge in [-0.1, -0.05) is 24.4 Å². The Morgan fingerprint density at radius 2 is 1.88 bits per heavy atom. The molecule has 1 aliphatic carbocycles. The van der Waals surface area contributed by atoms with Gasteiger partial charge in [0.05, 0.1) is 0 Å².